The van der Waals surface area contributed by atoms with Crippen LogP contribution in [-0.2, 0) is 4.79 Å². The van der Waals surface area contributed by atoms with Crippen molar-refractivity contribution >= 4 is 23.6 Å². The molecule has 1 saturated heterocycles. The fourth-order valence-electron chi connectivity index (χ4n) is 2.81. The summed E-state index contributed by atoms with van der Waals surface area (Å²) in [7, 11) is 0. The zero-order valence-corrected chi connectivity index (χ0v) is 15.3. The maximum absolute atomic E-state index is 11.8. The molecule has 4 nitrogen and oxygen atoms in total. The number of nitrogens with one attached hydrogen (secondary N) is 1. The summed E-state index contributed by atoms with van der Waals surface area (Å²) in [5, 5.41) is 3.64. The van der Waals surface area contributed by atoms with E-state index in [2.05, 4.69) is 22.0 Å². The first kappa shape index (κ1) is 19.0. The lowest BCUT2D eigenvalue weighted by molar-refractivity contribution is -0.116. The number of amides is 1. The smallest absolute Gasteiger partial charge is 0.243 e. The van der Waals surface area contributed by atoms with Gasteiger partial charge in [-0.15, -0.1) is 0 Å². The van der Waals surface area contributed by atoms with E-state index < -0.39 is 0 Å². The summed E-state index contributed by atoms with van der Waals surface area (Å²) in [6, 6.07) is 7.42. The van der Waals surface area contributed by atoms with E-state index in [1.54, 1.807) is 12.2 Å². The maximum atomic E-state index is 11.8. The molecule has 0 radical (unpaired) electrons. The number of benzene rings is 1. The average molecular weight is 350 g/mol. The number of rotatable bonds is 8. The standard InChI is InChI=1S/C19H28ClN3O/c1-2-22-13-15-23(16-14-22)12-4-3-11-21-19(24)10-7-17-5-8-18(20)9-6-17/h5-10H,2-4,11-16H2,1H3,(H,21,24)/b10-7+. The number of carbonyl (C=O) groups is 1. The van der Waals surface area contributed by atoms with Gasteiger partial charge in [0.15, 0.2) is 0 Å². The Hall–Kier alpha value is -1.36. The number of nitrogens with zero attached hydrogens (tertiary/aromatic N) is 2. The lowest BCUT2D eigenvalue weighted by Gasteiger charge is -2.33. The fraction of sp³-hybridized carbons (Fsp3) is 0.526. The van der Waals surface area contributed by atoms with E-state index >= 15 is 0 Å². The van der Waals surface area contributed by atoms with Gasteiger partial charge in [-0.2, -0.15) is 0 Å². The minimum atomic E-state index is -0.0403. The van der Waals surface area contributed by atoms with Crippen LogP contribution in [0.15, 0.2) is 30.3 Å². The molecule has 0 atom stereocenters. The summed E-state index contributed by atoms with van der Waals surface area (Å²) in [5.74, 6) is -0.0403. The quantitative estimate of drug-likeness (QED) is 0.579. The summed E-state index contributed by atoms with van der Waals surface area (Å²) in [5.41, 5.74) is 0.973. The van der Waals surface area contributed by atoms with Gasteiger partial charge in [-0.1, -0.05) is 30.7 Å². The molecule has 0 spiro atoms. The predicted molar refractivity (Wildman–Crippen MR) is 101 cm³/mol. The van der Waals surface area contributed by atoms with Gasteiger partial charge in [-0.05, 0) is 49.7 Å². The Kier molecular flexibility index (Phi) is 8.29. The third-order valence-corrected chi connectivity index (χ3v) is 4.66. The van der Waals surface area contributed by atoms with Crippen LogP contribution in [0.4, 0.5) is 0 Å². The summed E-state index contributed by atoms with van der Waals surface area (Å²) < 4.78 is 0. The number of likely N-dealkylation sites (N-methyl/N-ethyl adjacent to an activating group) is 1. The highest BCUT2D eigenvalue weighted by molar-refractivity contribution is 6.30. The molecular weight excluding hydrogens is 322 g/mol. The molecule has 1 fully saturated rings. The number of halogens is 1. The number of carbonyl (C=O) groups excluding carboxylic acids is 1. The van der Waals surface area contributed by atoms with Gasteiger partial charge in [-0.3, -0.25) is 4.79 Å². The molecule has 1 aromatic rings. The lowest BCUT2D eigenvalue weighted by Crippen LogP contribution is -2.46. The molecule has 0 aliphatic carbocycles. The van der Waals surface area contributed by atoms with E-state index in [1.807, 2.05) is 24.3 Å². The number of unbranched alkanes of at least 4 members (excludes halogenated alkanes) is 1. The van der Waals surface area contributed by atoms with Gasteiger partial charge in [0, 0.05) is 43.8 Å². The van der Waals surface area contributed by atoms with Crippen molar-refractivity contribution in [2.45, 2.75) is 19.8 Å². The van der Waals surface area contributed by atoms with Gasteiger partial charge in [0.05, 0.1) is 0 Å². The summed E-state index contributed by atoms with van der Waals surface area (Å²) in [6.07, 6.45) is 5.54. The topological polar surface area (TPSA) is 35.6 Å². The number of hydrogen-bond donors (Lipinski definition) is 1. The van der Waals surface area contributed by atoms with E-state index in [4.69, 9.17) is 11.6 Å². The lowest BCUT2D eigenvalue weighted by atomic mass is 10.2. The predicted octanol–water partition coefficient (Wildman–Crippen LogP) is 2.89. The molecule has 5 heteroatoms. The van der Waals surface area contributed by atoms with Crippen molar-refractivity contribution in [2.24, 2.45) is 0 Å². The third kappa shape index (κ3) is 7.04. The van der Waals surface area contributed by atoms with Crippen LogP contribution in [-0.4, -0.2) is 61.5 Å². The molecule has 0 unspecified atom stereocenters. The van der Waals surface area contributed by atoms with Crippen molar-refractivity contribution in [1.29, 1.82) is 0 Å². The van der Waals surface area contributed by atoms with E-state index in [1.165, 1.54) is 26.2 Å². The van der Waals surface area contributed by atoms with Gasteiger partial charge < -0.3 is 15.1 Å². The van der Waals surface area contributed by atoms with Crippen LogP contribution in [0.5, 0.6) is 0 Å². The second-order valence-corrected chi connectivity index (χ2v) is 6.60. The highest BCUT2D eigenvalue weighted by Crippen LogP contribution is 2.10. The molecule has 0 saturated carbocycles. The summed E-state index contributed by atoms with van der Waals surface area (Å²) >= 11 is 5.83. The van der Waals surface area contributed by atoms with Crippen LogP contribution in [0.1, 0.15) is 25.3 Å². The fourth-order valence-corrected chi connectivity index (χ4v) is 2.93. The monoisotopic (exact) mass is 349 g/mol. The Bertz CT molecular complexity index is 522. The summed E-state index contributed by atoms with van der Waals surface area (Å²) in [4.78, 5) is 16.8. The van der Waals surface area contributed by atoms with Crippen molar-refractivity contribution in [3.05, 3.63) is 40.9 Å². The highest BCUT2D eigenvalue weighted by atomic mass is 35.5. The zero-order chi connectivity index (χ0) is 17.2. The summed E-state index contributed by atoms with van der Waals surface area (Å²) in [6.45, 7) is 9.95. The average Bonchev–Trinajstić information content (AvgIpc) is 2.61. The van der Waals surface area contributed by atoms with Crippen LogP contribution in [0.3, 0.4) is 0 Å². The van der Waals surface area contributed by atoms with Crippen LogP contribution in [0.2, 0.25) is 5.02 Å². The van der Waals surface area contributed by atoms with Crippen molar-refractivity contribution < 1.29 is 4.79 Å². The Balaban J connectivity index is 1.54. The minimum absolute atomic E-state index is 0.0403. The van der Waals surface area contributed by atoms with Crippen molar-refractivity contribution in [1.82, 2.24) is 15.1 Å². The van der Waals surface area contributed by atoms with Gasteiger partial charge in [-0.25, -0.2) is 0 Å². The van der Waals surface area contributed by atoms with E-state index in [-0.39, 0.29) is 5.91 Å². The Morgan fingerprint density at radius 2 is 1.79 bits per heavy atom. The third-order valence-electron chi connectivity index (χ3n) is 4.41. The first-order valence-electron chi connectivity index (χ1n) is 8.83. The van der Waals surface area contributed by atoms with Crippen molar-refractivity contribution in [2.75, 3.05) is 45.8 Å². The molecule has 132 valence electrons. The molecule has 24 heavy (non-hydrogen) atoms. The first-order chi connectivity index (χ1) is 11.7. The molecule has 1 aliphatic heterocycles. The second kappa shape index (κ2) is 10.5. The molecule has 1 amide bonds. The van der Waals surface area contributed by atoms with Gasteiger partial charge in [0.1, 0.15) is 0 Å². The van der Waals surface area contributed by atoms with Gasteiger partial charge >= 0.3 is 0 Å². The first-order valence-corrected chi connectivity index (χ1v) is 9.21. The van der Waals surface area contributed by atoms with Crippen LogP contribution < -0.4 is 5.32 Å². The molecule has 1 aliphatic rings. The SMILES string of the molecule is CCN1CCN(CCCCNC(=O)/C=C/c2ccc(Cl)cc2)CC1. The second-order valence-electron chi connectivity index (χ2n) is 6.16. The molecule has 1 heterocycles. The maximum Gasteiger partial charge on any atom is 0.243 e. The highest BCUT2D eigenvalue weighted by Gasteiger charge is 2.14. The molecule has 0 bridgehead atoms. The van der Waals surface area contributed by atoms with E-state index in [9.17, 15) is 4.79 Å². The van der Waals surface area contributed by atoms with Gasteiger partial charge in [0.2, 0.25) is 5.91 Å². The Morgan fingerprint density at radius 3 is 2.46 bits per heavy atom. The number of piperazine rings is 1. The normalized spacial score (nSPS) is 16.6. The van der Waals surface area contributed by atoms with Crippen LogP contribution >= 0.6 is 11.6 Å². The van der Waals surface area contributed by atoms with E-state index in [0.717, 1.165) is 38.0 Å². The largest absolute Gasteiger partial charge is 0.353 e. The van der Waals surface area contributed by atoms with Crippen molar-refractivity contribution in [3.8, 4) is 0 Å². The van der Waals surface area contributed by atoms with Crippen molar-refractivity contribution in [3.63, 3.8) is 0 Å². The molecule has 1 aromatic carbocycles. The molecule has 1 N–H and O–H groups in total. The minimum Gasteiger partial charge on any atom is -0.353 e. The Morgan fingerprint density at radius 1 is 1.12 bits per heavy atom. The van der Waals surface area contributed by atoms with Crippen LogP contribution in [0.25, 0.3) is 6.08 Å². The van der Waals surface area contributed by atoms with Gasteiger partial charge in [0.25, 0.3) is 0 Å². The molecule has 2 rings (SSSR count). The van der Waals surface area contributed by atoms with Crippen LogP contribution in [0, 0.1) is 0 Å². The molecular formula is C19H28ClN3O. The molecule has 0 aromatic heterocycles. The Labute approximate surface area is 150 Å². The number of hydrogen-bond acceptors (Lipinski definition) is 3. The van der Waals surface area contributed by atoms with E-state index in [0.29, 0.717) is 5.02 Å². The zero-order valence-electron chi connectivity index (χ0n) is 14.5.